The zero-order valence-corrected chi connectivity index (χ0v) is 11.4. The van der Waals surface area contributed by atoms with Gasteiger partial charge in [0.15, 0.2) is 0 Å². The van der Waals surface area contributed by atoms with Gasteiger partial charge in [-0.2, -0.15) is 5.10 Å². The molecule has 0 aliphatic heterocycles. The molecule has 0 unspecified atom stereocenters. The van der Waals surface area contributed by atoms with Crippen molar-refractivity contribution in [1.82, 2.24) is 5.43 Å². The van der Waals surface area contributed by atoms with Gasteiger partial charge in [0.1, 0.15) is 0 Å². The first kappa shape index (κ1) is 14.7. The average molecular weight is 304 g/mol. The lowest BCUT2D eigenvalue weighted by Gasteiger charge is -1.99. The molecule has 2 rings (SSSR count). The second-order valence-corrected chi connectivity index (χ2v) is 4.49. The van der Waals surface area contributed by atoms with Gasteiger partial charge in [-0.3, -0.25) is 14.9 Å². The minimum atomic E-state index is -0.562. The van der Waals surface area contributed by atoms with E-state index < -0.39 is 10.8 Å². The van der Waals surface area contributed by atoms with E-state index in [1.165, 1.54) is 30.5 Å². The van der Waals surface area contributed by atoms with Crippen LogP contribution in [0.25, 0.3) is 0 Å². The molecule has 0 heterocycles. The molecule has 0 fully saturated rings. The maximum atomic E-state index is 11.8. The first-order valence-electron chi connectivity index (χ1n) is 5.90. The van der Waals surface area contributed by atoms with Crippen LogP contribution in [0.4, 0.5) is 5.69 Å². The monoisotopic (exact) mass is 303 g/mol. The van der Waals surface area contributed by atoms with E-state index in [1.54, 1.807) is 24.3 Å². The number of amides is 1. The van der Waals surface area contributed by atoms with Gasteiger partial charge in [-0.15, -0.1) is 0 Å². The van der Waals surface area contributed by atoms with Gasteiger partial charge < -0.3 is 0 Å². The molecule has 6 nitrogen and oxygen atoms in total. The van der Waals surface area contributed by atoms with E-state index in [9.17, 15) is 14.9 Å². The zero-order chi connectivity index (χ0) is 15.2. The number of nitro groups is 1. The molecule has 0 saturated heterocycles. The van der Waals surface area contributed by atoms with E-state index in [-0.39, 0.29) is 11.3 Å². The normalized spacial score (nSPS) is 10.5. The number of benzene rings is 2. The Bertz CT molecular complexity index is 699. The number of carbonyl (C=O) groups excluding carboxylic acids is 1. The molecule has 21 heavy (non-hydrogen) atoms. The van der Waals surface area contributed by atoms with Crippen LogP contribution in [0.15, 0.2) is 53.6 Å². The van der Waals surface area contributed by atoms with Gasteiger partial charge in [-0.1, -0.05) is 29.8 Å². The molecule has 0 atom stereocenters. The number of hydrazone groups is 1. The number of hydrogen-bond acceptors (Lipinski definition) is 4. The Morgan fingerprint density at radius 1 is 1.24 bits per heavy atom. The summed E-state index contributed by atoms with van der Waals surface area (Å²) in [4.78, 5) is 21.9. The van der Waals surface area contributed by atoms with E-state index >= 15 is 0 Å². The third-order valence-corrected chi connectivity index (χ3v) is 2.82. The van der Waals surface area contributed by atoms with Crippen molar-refractivity contribution in [1.29, 1.82) is 0 Å². The second kappa shape index (κ2) is 6.62. The lowest BCUT2D eigenvalue weighted by molar-refractivity contribution is -0.384. The van der Waals surface area contributed by atoms with Crippen LogP contribution in [0, 0.1) is 10.1 Å². The highest BCUT2D eigenvalue weighted by molar-refractivity contribution is 6.30. The fourth-order valence-corrected chi connectivity index (χ4v) is 1.67. The van der Waals surface area contributed by atoms with E-state index in [0.717, 1.165) is 5.56 Å². The Labute approximate surface area is 125 Å². The number of rotatable bonds is 4. The Hall–Kier alpha value is -2.73. The number of nitrogens with zero attached hydrogens (tertiary/aromatic N) is 2. The first-order valence-corrected chi connectivity index (χ1v) is 6.27. The summed E-state index contributed by atoms with van der Waals surface area (Å²) in [6.45, 7) is 0. The third kappa shape index (κ3) is 4.12. The molecule has 7 heteroatoms. The second-order valence-electron chi connectivity index (χ2n) is 4.06. The molecule has 0 radical (unpaired) electrons. The number of halogens is 1. The van der Waals surface area contributed by atoms with Gasteiger partial charge in [-0.05, 0) is 23.8 Å². The fraction of sp³-hybridized carbons (Fsp3) is 0. The van der Waals surface area contributed by atoms with Gasteiger partial charge in [-0.25, -0.2) is 5.43 Å². The maximum absolute atomic E-state index is 11.8. The smallest absolute Gasteiger partial charge is 0.267 e. The molecule has 106 valence electrons. The molecule has 0 aliphatic rings. The molecule has 1 amide bonds. The van der Waals surface area contributed by atoms with Crippen molar-refractivity contribution in [3.8, 4) is 0 Å². The Morgan fingerprint density at radius 3 is 2.62 bits per heavy atom. The van der Waals surface area contributed by atoms with Gasteiger partial charge in [0.2, 0.25) is 0 Å². The lowest BCUT2D eigenvalue weighted by atomic mass is 10.2. The molecule has 2 aromatic rings. The largest absolute Gasteiger partial charge is 0.271 e. The predicted octanol–water partition coefficient (Wildman–Crippen LogP) is 3.01. The Morgan fingerprint density at radius 2 is 1.95 bits per heavy atom. The highest BCUT2D eigenvalue weighted by atomic mass is 35.5. The van der Waals surface area contributed by atoms with Crippen LogP contribution >= 0.6 is 11.6 Å². The van der Waals surface area contributed by atoms with Crippen molar-refractivity contribution in [3.05, 3.63) is 74.8 Å². The standard InChI is InChI=1S/C14H10ClN3O3/c15-12-6-4-10(5-7-12)9-16-17-14(19)11-2-1-3-13(8-11)18(20)21/h1-9H,(H,17,19)/b16-9+. The average Bonchev–Trinajstić information content (AvgIpc) is 2.49. The fourth-order valence-electron chi connectivity index (χ4n) is 1.54. The van der Waals surface area contributed by atoms with Crippen molar-refractivity contribution in [2.75, 3.05) is 0 Å². The Kier molecular flexibility index (Phi) is 4.63. The van der Waals surface area contributed by atoms with Crippen molar-refractivity contribution < 1.29 is 9.72 Å². The van der Waals surface area contributed by atoms with Crippen molar-refractivity contribution in [2.24, 2.45) is 5.10 Å². The summed E-state index contributed by atoms with van der Waals surface area (Å²) in [7, 11) is 0. The summed E-state index contributed by atoms with van der Waals surface area (Å²) in [5.74, 6) is -0.524. The number of nitro benzene ring substituents is 1. The van der Waals surface area contributed by atoms with E-state index in [0.29, 0.717) is 5.02 Å². The molecule has 2 aromatic carbocycles. The third-order valence-electron chi connectivity index (χ3n) is 2.57. The summed E-state index contributed by atoms with van der Waals surface area (Å²) in [6, 6.07) is 12.3. The molecule has 1 N–H and O–H groups in total. The summed E-state index contributed by atoms with van der Waals surface area (Å²) < 4.78 is 0. The highest BCUT2D eigenvalue weighted by Gasteiger charge is 2.10. The van der Waals surface area contributed by atoms with Crippen LogP contribution in [0.3, 0.4) is 0 Å². The van der Waals surface area contributed by atoms with Crippen LogP contribution < -0.4 is 5.43 Å². The van der Waals surface area contributed by atoms with Crippen LogP contribution in [-0.4, -0.2) is 17.0 Å². The van der Waals surface area contributed by atoms with E-state index in [1.807, 2.05) is 0 Å². The molecule has 0 bridgehead atoms. The minimum Gasteiger partial charge on any atom is -0.267 e. The van der Waals surface area contributed by atoms with Crippen LogP contribution in [0.2, 0.25) is 5.02 Å². The SMILES string of the molecule is O=C(N/N=C/c1ccc(Cl)cc1)c1cccc([N+](=O)[O-])c1. The molecule has 0 spiro atoms. The van der Waals surface area contributed by atoms with Crippen molar-refractivity contribution >= 4 is 29.4 Å². The van der Waals surface area contributed by atoms with E-state index in [4.69, 9.17) is 11.6 Å². The summed E-state index contributed by atoms with van der Waals surface area (Å²) in [6.07, 6.45) is 1.45. The van der Waals surface area contributed by atoms with E-state index in [2.05, 4.69) is 10.5 Å². The van der Waals surface area contributed by atoms with Crippen LogP contribution in [-0.2, 0) is 0 Å². The number of non-ortho nitro benzene ring substituents is 1. The predicted molar refractivity (Wildman–Crippen MR) is 79.6 cm³/mol. The molecule has 0 aliphatic carbocycles. The van der Waals surface area contributed by atoms with Gasteiger partial charge in [0, 0.05) is 22.7 Å². The maximum Gasteiger partial charge on any atom is 0.271 e. The van der Waals surface area contributed by atoms with Gasteiger partial charge in [0.05, 0.1) is 11.1 Å². The summed E-state index contributed by atoms with van der Waals surface area (Å²) in [5.41, 5.74) is 3.08. The van der Waals surface area contributed by atoms with Crippen LogP contribution in [0.5, 0.6) is 0 Å². The van der Waals surface area contributed by atoms with Crippen molar-refractivity contribution in [2.45, 2.75) is 0 Å². The summed E-state index contributed by atoms with van der Waals surface area (Å²) >= 11 is 5.75. The Balaban J connectivity index is 2.03. The molecule has 0 saturated carbocycles. The first-order chi connectivity index (χ1) is 10.1. The summed E-state index contributed by atoms with van der Waals surface area (Å²) in [5, 5.41) is 15.0. The molecular weight excluding hydrogens is 294 g/mol. The highest BCUT2D eigenvalue weighted by Crippen LogP contribution is 2.13. The molecular formula is C14H10ClN3O3. The topological polar surface area (TPSA) is 84.6 Å². The zero-order valence-electron chi connectivity index (χ0n) is 10.7. The van der Waals surface area contributed by atoms with Gasteiger partial charge in [0.25, 0.3) is 11.6 Å². The minimum absolute atomic E-state index is 0.149. The number of carbonyl (C=O) groups is 1. The van der Waals surface area contributed by atoms with Crippen LogP contribution in [0.1, 0.15) is 15.9 Å². The number of hydrogen-bond donors (Lipinski definition) is 1. The number of nitrogens with one attached hydrogen (secondary N) is 1. The quantitative estimate of drug-likeness (QED) is 0.535. The van der Waals surface area contributed by atoms with Gasteiger partial charge >= 0.3 is 0 Å². The lowest BCUT2D eigenvalue weighted by Crippen LogP contribution is -2.17. The molecule has 0 aromatic heterocycles. The van der Waals surface area contributed by atoms with Crippen molar-refractivity contribution in [3.63, 3.8) is 0 Å².